The van der Waals surface area contributed by atoms with Gasteiger partial charge in [0.15, 0.2) is 5.84 Å². The molecule has 3 aromatic carbocycles. The normalized spacial score (nSPS) is 11.6. The van der Waals surface area contributed by atoms with Crippen molar-refractivity contribution >= 4 is 39.2 Å². The van der Waals surface area contributed by atoms with Crippen LogP contribution in [0.3, 0.4) is 0 Å². The van der Waals surface area contributed by atoms with Gasteiger partial charge in [-0.2, -0.15) is 0 Å². The molecule has 1 heterocycles. The van der Waals surface area contributed by atoms with Gasteiger partial charge < -0.3 is 9.88 Å². The van der Waals surface area contributed by atoms with Crippen LogP contribution in [0.1, 0.15) is 31.9 Å². The van der Waals surface area contributed by atoms with Gasteiger partial charge in [0, 0.05) is 33.1 Å². The fraction of sp³-hybridized carbons (Fsp3) is 0.200. The summed E-state index contributed by atoms with van der Waals surface area (Å²) in [5.74, 6) is -0.195. The lowest BCUT2D eigenvalue weighted by Crippen LogP contribution is -2.19. The number of benzene rings is 3. The highest BCUT2D eigenvalue weighted by Gasteiger charge is 2.16. The molecule has 6 nitrogen and oxygen atoms in total. The molecular formula is C25H25N5O. The molecule has 1 amide bonds. The van der Waals surface area contributed by atoms with Crippen molar-refractivity contribution in [1.29, 1.82) is 10.9 Å². The summed E-state index contributed by atoms with van der Waals surface area (Å²) in [4.78, 5) is 12.9. The molecule has 0 aliphatic heterocycles. The van der Waals surface area contributed by atoms with Gasteiger partial charge in [-0.15, -0.1) is 5.11 Å². The van der Waals surface area contributed by atoms with Gasteiger partial charge in [0.05, 0.1) is 0 Å². The Labute approximate surface area is 180 Å². The van der Waals surface area contributed by atoms with Gasteiger partial charge in [0.25, 0.3) is 0 Å². The maximum absolute atomic E-state index is 12.9. The predicted molar refractivity (Wildman–Crippen MR) is 125 cm³/mol. The standard InChI is InChI=1S/C25H25N5O/c1-25(2,3)17-9-11-18(12-10-17)28-23(31)15-30-21-7-5-4-6-19(21)20-14-16(24(26)29-27)8-13-22(20)30/h4-14,26-27H,15H2,1-3H3,(H,28,31). The minimum atomic E-state index is -0.107. The number of amidine groups is 1. The molecule has 0 saturated carbocycles. The van der Waals surface area contributed by atoms with E-state index in [1.807, 2.05) is 65.2 Å². The Bertz CT molecular complexity index is 1310. The van der Waals surface area contributed by atoms with Crippen LogP contribution in [0.4, 0.5) is 5.69 Å². The summed E-state index contributed by atoms with van der Waals surface area (Å²) in [5, 5.41) is 16.0. The lowest BCUT2D eigenvalue weighted by atomic mass is 9.87. The maximum Gasteiger partial charge on any atom is 0.244 e. The number of para-hydroxylation sites is 1. The second-order valence-corrected chi connectivity index (χ2v) is 8.67. The van der Waals surface area contributed by atoms with Crippen LogP contribution in [0.2, 0.25) is 0 Å². The molecular weight excluding hydrogens is 386 g/mol. The van der Waals surface area contributed by atoms with Gasteiger partial charge in [0.1, 0.15) is 6.54 Å². The number of carbonyl (C=O) groups is 1. The van der Waals surface area contributed by atoms with Crippen LogP contribution in [0.25, 0.3) is 21.8 Å². The molecule has 0 saturated heterocycles. The lowest BCUT2D eigenvalue weighted by Gasteiger charge is -2.19. The first kappa shape index (κ1) is 20.5. The van der Waals surface area contributed by atoms with Crippen molar-refractivity contribution in [2.45, 2.75) is 32.7 Å². The van der Waals surface area contributed by atoms with Gasteiger partial charge in [-0.05, 0) is 47.4 Å². The van der Waals surface area contributed by atoms with E-state index in [2.05, 4.69) is 31.2 Å². The topological polar surface area (TPSA) is 94.1 Å². The number of carbonyl (C=O) groups excluding carboxylic acids is 1. The number of hydrogen-bond donors (Lipinski definition) is 3. The summed E-state index contributed by atoms with van der Waals surface area (Å²) >= 11 is 0. The van der Waals surface area contributed by atoms with Crippen LogP contribution in [-0.4, -0.2) is 16.3 Å². The molecule has 0 radical (unpaired) electrons. The number of anilines is 1. The van der Waals surface area contributed by atoms with Gasteiger partial charge in [-0.25, -0.2) is 5.53 Å². The van der Waals surface area contributed by atoms with E-state index >= 15 is 0 Å². The van der Waals surface area contributed by atoms with Crippen molar-refractivity contribution in [3.8, 4) is 0 Å². The Kier molecular flexibility index (Phi) is 5.15. The first-order valence-electron chi connectivity index (χ1n) is 10.2. The number of fused-ring (bicyclic) bond motifs is 3. The van der Waals surface area contributed by atoms with Crippen LogP contribution in [0, 0.1) is 10.9 Å². The van der Waals surface area contributed by atoms with Crippen molar-refractivity contribution < 1.29 is 4.79 Å². The number of hydrogen-bond acceptors (Lipinski definition) is 3. The van der Waals surface area contributed by atoms with E-state index in [1.165, 1.54) is 5.56 Å². The van der Waals surface area contributed by atoms with Crippen molar-refractivity contribution in [1.82, 2.24) is 4.57 Å². The quantitative estimate of drug-likeness (QED) is 0.212. The van der Waals surface area contributed by atoms with E-state index in [0.29, 0.717) is 5.56 Å². The maximum atomic E-state index is 12.9. The van der Waals surface area contributed by atoms with Gasteiger partial charge in [-0.1, -0.05) is 51.1 Å². The van der Waals surface area contributed by atoms with Gasteiger partial charge in [0.2, 0.25) is 5.91 Å². The summed E-state index contributed by atoms with van der Waals surface area (Å²) in [5.41, 5.74) is 11.6. The second kappa shape index (κ2) is 7.80. The number of nitrogens with one attached hydrogen (secondary N) is 3. The third-order valence-corrected chi connectivity index (χ3v) is 5.49. The molecule has 156 valence electrons. The van der Waals surface area contributed by atoms with Crippen molar-refractivity contribution in [2.24, 2.45) is 5.11 Å². The average Bonchev–Trinajstić information content (AvgIpc) is 3.06. The Morgan fingerprint density at radius 1 is 0.968 bits per heavy atom. The zero-order valence-electron chi connectivity index (χ0n) is 17.9. The SMILES string of the molecule is CC(C)(C)c1ccc(NC(=O)Cn2c3ccccc3c3cc(C(=N)N=N)ccc32)cc1. The van der Waals surface area contributed by atoms with E-state index in [0.717, 1.165) is 27.5 Å². The minimum Gasteiger partial charge on any atom is -0.331 e. The largest absolute Gasteiger partial charge is 0.331 e. The molecule has 0 fully saturated rings. The first-order valence-corrected chi connectivity index (χ1v) is 10.2. The van der Waals surface area contributed by atoms with Crippen LogP contribution in [0.5, 0.6) is 0 Å². The molecule has 0 aliphatic rings. The third kappa shape index (κ3) is 3.97. The highest BCUT2D eigenvalue weighted by Crippen LogP contribution is 2.30. The summed E-state index contributed by atoms with van der Waals surface area (Å²) in [7, 11) is 0. The number of amides is 1. The second-order valence-electron chi connectivity index (χ2n) is 8.67. The summed E-state index contributed by atoms with van der Waals surface area (Å²) in [6, 6.07) is 21.4. The van der Waals surface area contributed by atoms with E-state index in [1.54, 1.807) is 6.07 Å². The van der Waals surface area contributed by atoms with Crippen molar-refractivity contribution in [3.63, 3.8) is 0 Å². The molecule has 6 heteroatoms. The highest BCUT2D eigenvalue weighted by molar-refractivity contribution is 6.11. The zero-order chi connectivity index (χ0) is 22.2. The van der Waals surface area contributed by atoms with E-state index in [4.69, 9.17) is 10.9 Å². The summed E-state index contributed by atoms with van der Waals surface area (Å²) in [6.07, 6.45) is 0. The van der Waals surface area contributed by atoms with Crippen LogP contribution in [-0.2, 0) is 16.8 Å². The van der Waals surface area contributed by atoms with Crippen molar-refractivity contribution in [3.05, 3.63) is 77.9 Å². The number of nitrogens with zero attached hydrogens (tertiary/aromatic N) is 2. The molecule has 4 rings (SSSR count). The minimum absolute atomic E-state index is 0.0634. The van der Waals surface area contributed by atoms with E-state index < -0.39 is 0 Å². The molecule has 0 unspecified atom stereocenters. The number of aromatic nitrogens is 1. The molecule has 1 aromatic heterocycles. The molecule has 4 aromatic rings. The smallest absolute Gasteiger partial charge is 0.244 e. The molecule has 3 N–H and O–H groups in total. The molecule has 31 heavy (non-hydrogen) atoms. The lowest BCUT2D eigenvalue weighted by molar-refractivity contribution is -0.116. The Morgan fingerprint density at radius 2 is 1.65 bits per heavy atom. The molecule has 0 spiro atoms. The third-order valence-electron chi connectivity index (χ3n) is 5.49. The fourth-order valence-electron chi connectivity index (χ4n) is 3.83. The zero-order valence-corrected chi connectivity index (χ0v) is 17.9. The van der Waals surface area contributed by atoms with Crippen LogP contribution >= 0.6 is 0 Å². The van der Waals surface area contributed by atoms with Crippen molar-refractivity contribution in [2.75, 3.05) is 5.32 Å². The molecule has 0 aliphatic carbocycles. The Morgan fingerprint density at radius 3 is 2.32 bits per heavy atom. The average molecular weight is 412 g/mol. The van der Waals surface area contributed by atoms with E-state index in [-0.39, 0.29) is 23.7 Å². The summed E-state index contributed by atoms with van der Waals surface area (Å²) < 4.78 is 1.98. The predicted octanol–water partition coefficient (Wildman–Crippen LogP) is 6.09. The fourth-order valence-corrected chi connectivity index (χ4v) is 3.83. The monoisotopic (exact) mass is 411 g/mol. The summed E-state index contributed by atoms with van der Waals surface area (Å²) in [6.45, 7) is 6.65. The Balaban J connectivity index is 1.66. The van der Waals surface area contributed by atoms with E-state index in [9.17, 15) is 4.79 Å². The molecule has 0 atom stereocenters. The van der Waals surface area contributed by atoms with Gasteiger partial charge in [-0.3, -0.25) is 10.2 Å². The van der Waals surface area contributed by atoms with Gasteiger partial charge >= 0.3 is 0 Å². The highest BCUT2D eigenvalue weighted by atomic mass is 16.1. The molecule has 0 bridgehead atoms. The van der Waals surface area contributed by atoms with Crippen LogP contribution < -0.4 is 5.32 Å². The Hall–Kier alpha value is -3.80. The number of rotatable bonds is 4. The first-order chi connectivity index (χ1) is 14.8. The van der Waals surface area contributed by atoms with Crippen LogP contribution in [0.15, 0.2) is 71.8 Å².